The van der Waals surface area contributed by atoms with Gasteiger partial charge >= 0.3 is 5.97 Å². The van der Waals surface area contributed by atoms with Gasteiger partial charge in [0.1, 0.15) is 6.54 Å². The summed E-state index contributed by atoms with van der Waals surface area (Å²) in [5.41, 5.74) is 1.88. The van der Waals surface area contributed by atoms with E-state index in [-0.39, 0.29) is 4.90 Å². The van der Waals surface area contributed by atoms with Crippen LogP contribution in [0, 0.1) is 6.92 Å². The number of esters is 1. The Hall–Kier alpha value is -3.36. The number of halogens is 1. The number of carbonyl (C=O) groups is 2. The molecule has 3 aromatic carbocycles. The summed E-state index contributed by atoms with van der Waals surface area (Å²) in [7, 11) is -4.06. The first-order chi connectivity index (χ1) is 16.7. The Kier molecular flexibility index (Phi) is 8.89. The second kappa shape index (κ2) is 11.9. The summed E-state index contributed by atoms with van der Waals surface area (Å²) < 4.78 is 33.2. The molecule has 1 amide bonds. The minimum atomic E-state index is -4.06. The van der Waals surface area contributed by atoms with Crippen molar-refractivity contribution in [3.05, 3.63) is 88.9 Å². The van der Waals surface area contributed by atoms with Crippen LogP contribution in [0.2, 0.25) is 5.02 Å². The highest BCUT2D eigenvalue weighted by molar-refractivity contribution is 7.92. The Morgan fingerprint density at radius 3 is 2.26 bits per heavy atom. The van der Waals surface area contributed by atoms with Crippen molar-refractivity contribution in [2.24, 2.45) is 0 Å². The molecule has 7 nitrogen and oxygen atoms in total. The lowest BCUT2D eigenvalue weighted by Gasteiger charge is -2.25. The molecule has 0 aromatic heterocycles. The van der Waals surface area contributed by atoms with Gasteiger partial charge < -0.3 is 10.1 Å². The molecule has 0 spiro atoms. The Morgan fingerprint density at radius 2 is 1.63 bits per heavy atom. The van der Waals surface area contributed by atoms with Gasteiger partial charge in [-0.05, 0) is 73.5 Å². The lowest BCUT2D eigenvalue weighted by molar-refractivity contribution is -0.114. The Morgan fingerprint density at radius 1 is 0.971 bits per heavy atom. The van der Waals surface area contributed by atoms with Crippen LogP contribution in [0.15, 0.2) is 77.7 Å². The number of anilines is 2. The van der Waals surface area contributed by atoms with Crippen molar-refractivity contribution >= 4 is 44.9 Å². The zero-order chi connectivity index (χ0) is 25.4. The average molecular weight is 515 g/mol. The van der Waals surface area contributed by atoms with Crippen molar-refractivity contribution in [2.45, 2.75) is 31.6 Å². The number of nitrogens with one attached hydrogen (secondary N) is 1. The van der Waals surface area contributed by atoms with Crippen LogP contribution >= 0.6 is 11.6 Å². The summed E-state index contributed by atoms with van der Waals surface area (Å²) in [6, 6.07) is 18.9. The molecule has 0 aliphatic carbocycles. The summed E-state index contributed by atoms with van der Waals surface area (Å²) in [5.74, 6) is -0.972. The number of hydrogen-bond donors (Lipinski definition) is 1. The standard InChI is InChI=1S/C26H27ClN2O5S/c1-3-4-17-34-26(31)20-9-13-22(14-10-20)28-25(30)18-29(24-8-6-5-7-19(24)2)35(32,33)23-15-11-21(27)12-16-23/h5-16H,3-4,17-18H2,1-2H3,(H,28,30). The Balaban J connectivity index is 1.79. The summed E-state index contributed by atoms with van der Waals surface area (Å²) in [6.07, 6.45) is 1.71. The fourth-order valence-corrected chi connectivity index (χ4v) is 4.90. The van der Waals surface area contributed by atoms with Crippen LogP contribution in [-0.2, 0) is 19.6 Å². The number of aryl methyl sites for hydroxylation is 1. The number of hydrogen-bond acceptors (Lipinski definition) is 5. The molecule has 0 aliphatic heterocycles. The van der Waals surface area contributed by atoms with Crippen LogP contribution < -0.4 is 9.62 Å². The van der Waals surface area contributed by atoms with Crippen molar-refractivity contribution < 1.29 is 22.7 Å². The third kappa shape index (κ3) is 6.83. The molecule has 35 heavy (non-hydrogen) atoms. The molecule has 0 unspecified atom stereocenters. The molecule has 0 radical (unpaired) electrons. The molecule has 0 fully saturated rings. The molecule has 1 N–H and O–H groups in total. The molecule has 3 aromatic rings. The summed E-state index contributed by atoms with van der Waals surface area (Å²) in [6.45, 7) is 3.68. The molecular weight excluding hydrogens is 488 g/mol. The van der Waals surface area contributed by atoms with E-state index in [0.717, 1.165) is 17.1 Å². The van der Waals surface area contributed by atoms with E-state index in [4.69, 9.17) is 16.3 Å². The molecule has 0 heterocycles. The Bertz CT molecular complexity index is 1280. The quantitative estimate of drug-likeness (QED) is 0.287. The number of unbranched alkanes of at least 4 members (excludes halogenated alkanes) is 1. The monoisotopic (exact) mass is 514 g/mol. The third-order valence-electron chi connectivity index (χ3n) is 5.21. The van der Waals surface area contributed by atoms with Gasteiger partial charge in [-0.3, -0.25) is 9.10 Å². The van der Waals surface area contributed by atoms with Crippen molar-refractivity contribution in [1.82, 2.24) is 0 Å². The molecule has 9 heteroatoms. The van der Waals surface area contributed by atoms with E-state index >= 15 is 0 Å². The van der Waals surface area contributed by atoms with Crippen molar-refractivity contribution in [3.8, 4) is 0 Å². The number of carbonyl (C=O) groups excluding carboxylic acids is 2. The molecule has 184 valence electrons. The zero-order valence-corrected chi connectivity index (χ0v) is 21.1. The average Bonchev–Trinajstić information content (AvgIpc) is 2.84. The van der Waals surface area contributed by atoms with Gasteiger partial charge in [0.05, 0.1) is 22.8 Å². The minimum absolute atomic E-state index is 0.0175. The van der Waals surface area contributed by atoms with Crippen LogP contribution in [0.1, 0.15) is 35.7 Å². The SMILES string of the molecule is CCCCOC(=O)c1ccc(NC(=O)CN(c2ccccc2C)S(=O)(=O)c2ccc(Cl)cc2)cc1. The molecule has 0 bridgehead atoms. The lowest BCUT2D eigenvalue weighted by atomic mass is 10.2. The number of rotatable bonds is 10. The predicted octanol–water partition coefficient (Wildman–Crippen LogP) is 5.44. The van der Waals surface area contributed by atoms with Gasteiger partial charge in [-0.15, -0.1) is 0 Å². The minimum Gasteiger partial charge on any atom is -0.462 e. The molecule has 0 saturated heterocycles. The Labute approximate surface area is 210 Å². The number of benzene rings is 3. The maximum atomic E-state index is 13.5. The van der Waals surface area contributed by atoms with Gasteiger partial charge in [-0.25, -0.2) is 13.2 Å². The van der Waals surface area contributed by atoms with E-state index in [1.54, 1.807) is 55.5 Å². The summed E-state index contributed by atoms with van der Waals surface area (Å²) >= 11 is 5.92. The first kappa shape index (κ1) is 26.2. The first-order valence-electron chi connectivity index (χ1n) is 11.1. The van der Waals surface area contributed by atoms with E-state index in [1.165, 1.54) is 24.3 Å². The van der Waals surface area contributed by atoms with Crippen LogP contribution in [0.3, 0.4) is 0 Å². The van der Waals surface area contributed by atoms with E-state index in [2.05, 4.69) is 5.32 Å². The second-order valence-electron chi connectivity index (χ2n) is 7.87. The normalized spacial score (nSPS) is 11.1. The summed E-state index contributed by atoms with van der Waals surface area (Å²) in [5, 5.41) is 3.10. The maximum absolute atomic E-state index is 13.5. The molecule has 0 atom stereocenters. The van der Waals surface area contributed by atoms with Gasteiger partial charge in [-0.1, -0.05) is 43.1 Å². The van der Waals surface area contributed by atoms with Gasteiger partial charge in [-0.2, -0.15) is 0 Å². The highest BCUT2D eigenvalue weighted by Crippen LogP contribution is 2.27. The number of sulfonamides is 1. The van der Waals surface area contributed by atoms with Gasteiger partial charge in [0.25, 0.3) is 10.0 Å². The number of ether oxygens (including phenoxy) is 1. The number of para-hydroxylation sites is 1. The number of amides is 1. The van der Waals surface area contributed by atoms with Crippen LogP contribution in [0.4, 0.5) is 11.4 Å². The van der Waals surface area contributed by atoms with Crippen LogP contribution in [0.5, 0.6) is 0 Å². The van der Waals surface area contributed by atoms with Crippen molar-refractivity contribution in [1.29, 1.82) is 0 Å². The fourth-order valence-electron chi connectivity index (χ4n) is 3.29. The van der Waals surface area contributed by atoms with Crippen LogP contribution in [0.25, 0.3) is 0 Å². The highest BCUT2D eigenvalue weighted by atomic mass is 35.5. The first-order valence-corrected chi connectivity index (χ1v) is 12.9. The number of nitrogens with zero attached hydrogens (tertiary/aromatic N) is 1. The third-order valence-corrected chi connectivity index (χ3v) is 7.23. The molecule has 0 saturated carbocycles. The zero-order valence-electron chi connectivity index (χ0n) is 19.5. The van der Waals surface area contributed by atoms with Gasteiger partial charge in [0, 0.05) is 10.7 Å². The summed E-state index contributed by atoms with van der Waals surface area (Å²) in [4.78, 5) is 25.0. The lowest BCUT2D eigenvalue weighted by Crippen LogP contribution is -2.38. The maximum Gasteiger partial charge on any atom is 0.338 e. The molecular formula is C26H27ClN2O5S. The van der Waals surface area contributed by atoms with Crippen molar-refractivity contribution in [3.63, 3.8) is 0 Å². The largest absolute Gasteiger partial charge is 0.462 e. The molecule has 3 rings (SSSR count). The van der Waals surface area contributed by atoms with Gasteiger partial charge in [0.15, 0.2) is 0 Å². The predicted molar refractivity (Wildman–Crippen MR) is 137 cm³/mol. The van der Waals surface area contributed by atoms with E-state index in [9.17, 15) is 18.0 Å². The van der Waals surface area contributed by atoms with E-state index in [1.807, 2.05) is 6.92 Å². The van der Waals surface area contributed by atoms with Crippen LogP contribution in [-0.4, -0.2) is 33.4 Å². The fraction of sp³-hybridized carbons (Fsp3) is 0.231. The van der Waals surface area contributed by atoms with E-state index < -0.39 is 28.4 Å². The molecule has 0 aliphatic rings. The van der Waals surface area contributed by atoms with Gasteiger partial charge in [0.2, 0.25) is 5.91 Å². The smallest absolute Gasteiger partial charge is 0.338 e. The van der Waals surface area contributed by atoms with E-state index in [0.29, 0.717) is 34.1 Å². The van der Waals surface area contributed by atoms with Crippen molar-refractivity contribution in [2.75, 3.05) is 22.8 Å². The highest BCUT2D eigenvalue weighted by Gasteiger charge is 2.28. The second-order valence-corrected chi connectivity index (χ2v) is 10.2. The topological polar surface area (TPSA) is 92.8 Å².